The number of furan rings is 1. The Labute approximate surface area is 173 Å². The Morgan fingerprint density at radius 2 is 2.10 bits per heavy atom. The molecule has 8 heteroatoms. The molecule has 0 saturated heterocycles. The van der Waals surface area contributed by atoms with E-state index >= 15 is 0 Å². The van der Waals surface area contributed by atoms with Gasteiger partial charge in [-0.3, -0.25) is 0 Å². The molecule has 1 fully saturated rings. The summed E-state index contributed by atoms with van der Waals surface area (Å²) in [5.41, 5.74) is 1.76. The van der Waals surface area contributed by atoms with Crippen LogP contribution in [-0.4, -0.2) is 32.8 Å². The molecule has 1 aliphatic rings. The molecule has 7 nitrogen and oxygen atoms in total. The fourth-order valence-corrected chi connectivity index (χ4v) is 4.46. The molecule has 0 spiro atoms. The monoisotopic (exact) mass is 411 g/mol. The van der Waals surface area contributed by atoms with Crippen LogP contribution in [0, 0.1) is 0 Å². The Kier molecular flexibility index (Phi) is 5.99. The first kappa shape index (κ1) is 19.7. The summed E-state index contributed by atoms with van der Waals surface area (Å²) < 4.78 is 7.65. The van der Waals surface area contributed by atoms with Crippen LogP contribution in [0.5, 0.6) is 0 Å². The van der Waals surface area contributed by atoms with Gasteiger partial charge in [0.25, 0.3) is 0 Å². The number of carboxylic acids is 1. The molecule has 1 aliphatic carbocycles. The number of aromatic nitrogens is 3. The average molecular weight is 412 g/mol. The zero-order valence-electron chi connectivity index (χ0n) is 16.3. The van der Waals surface area contributed by atoms with Gasteiger partial charge in [-0.1, -0.05) is 56.1 Å². The number of nitrogens with zero attached hydrogens (tertiary/aromatic N) is 4. The SMILES string of the molecule is CCc1oc2ccccc2c1/C=N\n1c(SCC(=O)[O-])nnc1C1CCCCC1. The van der Waals surface area contributed by atoms with Crippen molar-refractivity contribution in [2.24, 2.45) is 5.10 Å². The largest absolute Gasteiger partial charge is 0.549 e. The zero-order chi connectivity index (χ0) is 20.2. The second-order valence-corrected chi connectivity index (χ2v) is 8.12. The summed E-state index contributed by atoms with van der Waals surface area (Å²) in [6.07, 6.45) is 8.19. The highest BCUT2D eigenvalue weighted by atomic mass is 32.2. The molecular weight excluding hydrogens is 388 g/mol. The van der Waals surface area contributed by atoms with Crippen molar-refractivity contribution in [3.05, 3.63) is 41.4 Å². The molecule has 0 amide bonds. The Bertz CT molecular complexity index is 1030. The predicted octanol–water partition coefficient (Wildman–Crippen LogP) is 3.36. The van der Waals surface area contributed by atoms with Gasteiger partial charge in [-0.25, -0.2) is 0 Å². The van der Waals surface area contributed by atoms with Crippen LogP contribution in [0.4, 0.5) is 0 Å². The molecule has 2 aromatic heterocycles. The van der Waals surface area contributed by atoms with Crippen LogP contribution in [0.25, 0.3) is 11.0 Å². The van der Waals surface area contributed by atoms with E-state index in [2.05, 4.69) is 10.2 Å². The Morgan fingerprint density at radius 3 is 2.86 bits per heavy atom. The lowest BCUT2D eigenvalue weighted by Gasteiger charge is -2.20. The highest BCUT2D eigenvalue weighted by Gasteiger charge is 2.23. The van der Waals surface area contributed by atoms with Gasteiger partial charge < -0.3 is 14.3 Å². The van der Waals surface area contributed by atoms with E-state index in [0.717, 1.165) is 72.0 Å². The van der Waals surface area contributed by atoms with Crippen LogP contribution in [0.1, 0.15) is 62.1 Å². The van der Waals surface area contributed by atoms with E-state index in [1.54, 1.807) is 10.9 Å². The first-order valence-corrected chi connectivity index (χ1v) is 11.0. The Morgan fingerprint density at radius 1 is 1.31 bits per heavy atom. The summed E-state index contributed by atoms with van der Waals surface area (Å²) in [5, 5.41) is 25.7. The van der Waals surface area contributed by atoms with Crippen molar-refractivity contribution >= 4 is 34.9 Å². The van der Waals surface area contributed by atoms with Gasteiger partial charge in [-0.2, -0.15) is 9.78 Å². The molecule has 0 unspecified atom stereocenters. The minimum absolute atomic E-state index is 0.187. The quantitative estimate of drug-likeness (QED) is 0.437. The van der Waals surface area contributed by atoms with Gasteiger partial charge in [0.2, 0.25) is 5.16 Å². The summed E-state index contributed by atoms with van der Waals surface area (Å²) in [4.78, 5) is 10.9. The number of aliphatic carboxylic acids is 1. The van der Waals surface area contributed by atoms with Crippen molar-refractivity contribution in [1.29, 1.82) is 0 Å². The number of benzene rings is 1. The van der Waals surface area contributed by atoms with Crippen LogP contribution < -0.4 is 5.11 Å². The predicted molar refractivity (Wildman–Crippen MR) is 110 cm³/mol. The Balaban J connectivity index is 1.73. The molecule has 0 N–H and O–H groups in total. The van der Waals surface area contributed by atoms with Gasteiger partial charge >= 0.3 is 0 Å². The van der Waals surface area contributed by atoms with E-state index in [1.165, 1.54) is 6.42 Å². The lowest BCUT2D eigenvalue weighted by molar-refractivity contribution is -0.301. The summed E-state index contributed by atoms with van der Waals surface area (Å²) in [6, 6.07) is 7.88. The number of rotatable bonds is 7. The first-order valence-electron chi connectivity index (χ1n) is 10.00. The molecule has 152 valence electrons. The number of para-hydroxylation sites is 1. The van der Waals surface area contributed by atoms with Crippen molar-refractivity contribution in [3.8, 4) is 0 Å². The van der Waals surface area contributed by atoms with Crippen molar-refractivity contribution in [1.82, 2.24) is 14.9 Å². The van der Waals surface area contributed by atoms with Crippen molar-refractivity contribution in [3.63, 3.8) is 0 Å². The van der Waals surface area contributed by atoms with Gasteiger partial charge in [0, 0.05) is 29.0 Å². The lowest BCUT2D eigenvalue weighted by Crippen LogP contribution is -2.24. The second kappa shape index (κ2) is 8.82. The molecule has 1 aromatic carbocycles. The fraction of sp³-hybridized carbons (Fsp3) is 0.429. The van der Waals surface area contributed by atoms with Gasteiger partial charge in [0.15, 0.2) is 5.82 Å². The number of carbonyl (C=O) groups excluding carboxylic acids is 1. The van der Waals surface area contributed by atoms with E-state index in [0.29, 0.717) is 5.16 Å². The van der Waals surface area contributed by atoms with Gasteiger partial charge in [-0.05, 0) is 18.9 Å². The number of fused-ring (bicyclic) bond motifs is 1. The molecule has 4 rings (SSSR count). The van der Waals surface area contributed by atoms with Crippen molar-refractivity contribution in [2.75, 3.05) is 5.75 Å². The van der Waals surface area contributed by atoms with E-state index in [-0.39, 0.29) is 11.7 Å². The third-order valence-corrected chi connectivity index (χ3v) is 6.15. The summed E-state index contributed by atoms with van der Waals surface area (Å²) >= 11 is 1.08. The molecule has 0 atom stereocenters. The first-order chi connectivity index (χ1) is 14.2. The lowest BCUT2D eigenvalue weighted by atomic mass is 9.89. The zero-order valence-corrected chi connectivity index (χ0v) is 17.2. The second-order valence-electron chi connectivity index (χ2n) is 7.18. The van der Waals surface area contributed by atoms with Gasteiger partial charge in [-0.15, -0.1) is 10.2 Å². The van der Waals surface area contributed by atoms with Crippen molar-refractivity contribution in [2.45, 2.75) is 56.5 Å². The van der Waals surface area contributed by atoms with Crippen LogP contribution in [0.3, 0.4) is 0 Å². The highest BCUT2D eigenvalue weighted by molar-refractivity contribution is 7.99. The van der Waals surface area contributed by atoms with Crippen molar-refractivity contribution < 1.29 is 14.3 Å². The molecule has 2 heterocycles. The third-order valence-electron chi connectivity index (χ3n) is 5.26. The number of carbonyl (C=O) groups is 1. The van der Waals surface area contributed by atoms with Gasteiger partial charge in [0.05, 0.1) is 12.2 Å². The molecule has 3 aromatic rings. The van der Waals surface area contributed by atoms with Crippen LogP contribution in [-0.2, 0) is 11.2 Å². The van der Waals surface area contributed by atoms with Crippen LogP contribution >= 0.6 is 11.8 Å². The maximum Gasteiger partial charge on any atom is 0.212 e. The smallest absolute Gasteiger partial charge is 0.212 e. The number of hydrogen-bond acceptors (Lipinski definition) is 7. The van der Waals surface area contributed by atoms with E-state index in [9.17, 15) is 9.90 Å². The van der Waals surface area contributed by atoms with Crippen LogP contribution in [0.2, 0.25) is 0 Å². The number of thioether (sulfide) groups is 1. The minimum atomic E-state index is -1.14. The molecule has 0 radical (unpaired) electrons. The van der Waals surface area contributed by atoms with Crippen LogP contribution in [0.15, 0.2) is 38.9 Å². The highest BCUT2D eigenvalue weighted by Crippen LogP contribution is 2.33. The average Bonchev–Trinajstić information content (AvgIpc) is 3.32. The normalized spacial score (nSPS) is 15.5. The molecular formula is C21H23N4O3S-. The fourth-order valence-electron chi connectivity index (χ4n) is 3.85. The summed E-state index contributed by atoms with van der Waals surface area (Å²) in [6.45, 7) is 2.04. The summed E-state index contributed by atoms with van der Waals surface area (Å²) in [5.74, 6) is 0.630. The maximum absolute atomic E-state index is 10.9. The molecule has 29 heavy (non-hydrogen) atoms. The molecule has 1 saturated carbocycles. The summed E-state index contributed by atoms with van der Waals surface area (Å²) in [7, 11) is 0. The van der Waals surface area contributed by atoms with Gasteiger partial charge in [0.1, 0.15) is 11.3 Å². The number of carboxylic acid groups (broad SMARTS) is 1. The number of aryl methyl sites for hydroxylation is 1. The molecule has 0 bridgehead atoms. The number of hydrogen-bond donors (Lipinski definition) is 0. The van der Waals surface area contributed by atoms with E-state index in [1.807, 2.05) is 31.2 Å². The van der Waals surface area contributed by atoms with E-state index in [4.69, 9.17) is 9.52 Å². The standard InChI is InChI=1S/C21H24N4O3S/c1-2-17-16(15-10-6-7-11-18(15)28-17)12-22-25-20(14-8-4-3-5-9-14)23-24-21(25)29-13-19(26)27/h6-7,10-12,14H,2-5,8-9,13H2,1H3,(H,26,27)/p-1/b22-12-. The molecule has 0 aliphatic heterocycles. The van der Waals surface area contributed by atoms with E-state index < -0.39 is 5.97 Å². The third kappa shape index (κ3) is 4.22. The maximum atomic E-state index is 10.9. The topological polar surface area (TPSA) is 96.3 Å². The minimum Gasteiger partial charge on any atom is -0.549 e. The Hall–Kier alpha value is -2.61.